The van der Waals surface area contributed by atoms with E-state index in [1.165, 1.54) is 35.2 Å². The van der Waals surface area contributed by atoms with E-state index in [4.69, 9.17) is 5.11 Å². The van der Waals surface area contributed by atoms with Crippen LogP contribution in [0, 0.1) is 5.82 Å². The van der Waals surface area contributed by atoms with E-state index in [9.17, 15) is 18.8 Å². The van der Waals surface area contributed by atoms with Crippen LogP contribution in [0.25, 0.3) is 0 Å². The Balaban J connectivity index is 2.13. The van der Waals surface area contributed by atoms with Gasteiger partial charge in [-0.05, 0) is 24.3 Å². The third-order valence-electron chi connectivity index (χ3n) is 3.19. The zero-order valence-corrected chi connectivity index (χ0v) is 14.0. The highest BCUT2D eigenvalue weighted by Crippen LogP contribution is 2.31. The highest BCUT2D eigenvalue weighted by molar-refractivity contribution is 8.15. The van der Waals surface area contributed by atoms with Crippen LogP contribution < -0.4 is 5.32 Å². The summed E-state index contributed by atoms with van der Waals surface area (Å²) in [5.74, 6) is -2.40. The molecule has 2 rings (SSSR count). The summed E-state index contributed by atoms with van der Waals surface area (Å²) in [6.45, 7) is 3.31. The van der Waals surface area contributed by atoms with Gasteiger partial charge in [-0.1, -0.05) is 17.8 Å². The second-order valence-corrected chi connectivity index (χ2v) is 6.26. The lowest BCUT2D eigenvalue weighted by atomic mass is 10.2. The number of aliphatic carboxylic acids is 1. The molecule has 132 valence electrons. The molecule has 1 fully saturated rings. The SMILES string of the molecule is C=CCN1C(=O)[C@@H](CC(=O)NCC(=O)O)SC1=Nc1ccc(F)cc1. The fraction of sp³-hybridized carbons (Fsp3) is 0.250. The highest BCUT2D eigenvalue weighted by atomic mass is 32.2. The Morgan fingerprint density at radius 1 is 1.40 bits per heavy atom. The molecule has 0 unspecified atom stereocenters. The van der Waals surface area contributed by atoms with Crippen LogP contribution in [0.1, 0.15) is 6.42 Å². The van der Waals surface area contributed by atoms with E-state index in [2.05, 4.69) is 16.9 Å². The third kappa shape index (κ3) is 5.15. The van der Waals surface area contributed by atoms with Gasteiger partial charge in [0.15, 0.2) is 5.17 Å². The zero-order valence-electron chi connectivity index (χ0n) is 13.1. The standard InChI is InChI=1S/C16H16FN3O4S/c1-2-7-20-15(24)12(8-13(21)18-9-14(22)23)25-16(20)19-11-5-3-10(17)4-6-11/h2-6,12H,1,7-9H2,(H,18,21)(H,22,23)/t12-/m1/s1. The molecule has 25 heavy (non-hydrogen) atoms. The fourth-order valence-corrected chi connectivity index (χ4v) is 3.23. The van der Waals surface area contributed by atoms with E-state index in [0.29, 0.717) is 10.9 Å². The van der Waals surface area contributed by atoms with Crippen molar-refractivity contribution in [3.8, 4) is 0 Å². The molecule has 1 aromatic rings. The van der Waals surface area contributed by atoms with Crippen LogP contribution in [0.3, 0.4) is 0 Å². The van der Waals surface area contributed by atoms with Crippen LogP contribution in [0.2, 0.25) is 0 Å². The lowest BCUT2D eigenvalue weighted by molar-refractivity contribution is -0.138. The minimum Gasteiger partial charge on any atom is -0.480 e. The molecular weight excluding hydrogens is 349 g/mol. The molecule has 0 radical (unpaired) electrons. The number of carboxylic acid groups (broad SMARTS) is 1. The molecule has 2 N–H and O–H groups in total. The number of aliphatic imine (C=N–C) groups is 1. The number of nitrogens with one attached hydrogen (secondary N) is 1. The second kappa shape index (κ2) is 8.43. The Kier molecular flexibility index (Phi) is 6.29. The van der Waals surface area contributed by atoms with Gasteiger partial charge in [0, 0.05) is 13.0 Å². The van der Waals surface area contributed by atoms with Gasteiger partial charge in [-0.2, -0.15) is 0 Å². The first-order chi connectivity index (χ1) is 11.9. The summed E-state index contributed by atoms with van der Waals surface area (Å²) in [4.78, 5) is 40.4. The molecule has 9 heteroatoms. The highest BCUT2D eigenvalue weighted by Gasteiger charge is 2.38. The monoisotopic (exact) mass is 365 g/mol. The molecule has 0 aliphatic carbocycles. The van der Waals surface area contributed by atoms with Crippen molar-refractivity contribution >= 4 is 40.4 Å². The largest absolute Gasteiger partial charge is 0.480 e. The maximum atomic E-state index is 13.0. The smallest absolute Gasteiger partial charge is 0.322 e. The molecule has 1 aliphatic heterocycles. The van der Waals surface area contributed by atoms with E-state index >= 15 is 0 Å². The first-order valence-corrected chi connectivity index (χ1v) is 8.20. The minimum absolute atomic E-state index is 0.160. The number of thioether (sulfide) groups is 1. The quantitative estimate of drug-likeness (QED) is 0.714. The van der Waals surface area contributed by atoms with Crippen molar-refractivity contribution in [1.29, 1.82) is 0 Å². The molecule has 1 atom stereocenters. The molecule has 0 bridgehead atoms. The van der Waals surface area contributed by atoms with Gasteiger partial charge >= 0.3 is 5.97 Å². The van der Waals surface area contributed by atoms with Gasteiger partial charge in [0.05, 0.1) is 5.69 Å². The van der Waals surface area contributed by atoms with E-state index in [1.807, 2.05) is 0 Å². The number of hydrogen-bond acceptors (Lipinski definition) is 5. The lowest BCUT2D eigenvalue weighted by Gasteiger charge is -2.13. The number of amides is 2. The molecule has 0 saturated carbocycles. The number of carbonyl (C=O) groups excluding carboxylic acids is 2. The average Bonchev–Trinajstić information content (AvgIpc) is 2.84. The van der Waals surface area contributed by atoms with Gasteiger partial charge < -0.3 is 10.4 Å². The van der Waals surface area contributed by atoms with Crippen LogP contribution in [0.5, 0.6) is 0 Å². The third-order valence-corrected chi connectivity index (χ3v) is 4.37. The van der Waals surface area contributed by atoms with Crippen molar-refractivity contribution < 1.29 is 23.9 Å². The van der Waals surface area contributed by atoms with Crippen molar-refractivity contribution in [2.75, 3.05) is 13.1 Å². The fourth-order valence-electron chi connectivity index (χ4n) is 2.06. The summed E-state index contributed by atoms with van der Waals surface area (Å²) in [6.07, 6.45) is 1.37. The Hall–Kier alpha value is -2.68. The molecule has 1 saturated heterocycles. The number of rotatable bonds is 7. The molecule has 2 amide bonds. The molecule has 1 aliphatic rings. The van der Waals surface area contributed by atoms with Crippen molar-refractivity contribution in [2.45, 2.75) is 11.7 Å². The number of carboxylic acids is 1. The second-order valence-electron chi connectivity index (χ2n) is 5.09. The lowest BCUT2D eigenvalue weighted by Crippen LogP contribution is -2.36. The van der Waals surface area contributed by atoms with Crippen LogP contribution in [0.15, 0.2) is 41.9 Å². The molecule has 0 aromatic heterocycles. The topological polar surface area (TPSA) is 99.1 Å². The predicted molar refractivity (Wildman–Crippen MR) is 92.0 cm³/mol. The normalized spacial score (nSPS) is 18.4. The van der Waals surface area contributed by atoms with Gasteiger partial charge in [-0.25, -0.2) is 9.38 Å². The van der Waals surface area contributed by atoms with Crippen LogP contribution in [-0.2, 0) is 14.4 Å². The Morgan fingerprint density at radius 2 is 2.08 bits per heavy atom. The van der Waals surface area contributed by atoms with Gasteiger partial charge in [-0.15, -0.1) is 6.58 Å². The summed E-state index contributed by atoms with van der Waals surface area (Å²) < 4.78 is 13.0. The van der Waals surface area contributed by atoms with Gasteiger partial charge in [0.2, 0.25) is 11.8 Å². The van der Waals surface area contributed by atoms with Crippen molar-refractivity contribution in [1.82, 2.24) is 10.2 Å². The Bertz CT molecular complexity index is 721. The average molecular weight is 365 g/mol. The van der Waals surface area contributed by atoms with Crippen LogP contribution in [0.4, 0.5) is 10.1 Å². The number of carbonyl (C=O) groups is 3. The van der Waals surface area contributed by atoms with Crippen LogP contribution >= 0.6 is 11.8 Å². The maximum Gasteiger partial charge on any atom is 0.322 e. The van der Waals surface area contributed by atoms with Crippen LogP contribution in [-0.4, -0.2) is 51.3 Å². The van der Waals surface area contributed by atoms with E-state index < -0.39 is 29.5 Å². The van der Waals surface area contributed by atoms with Gasteiger partial charge in [-0.3, -0.25) is 19.3 Å². The zero-order chi connectivity index (χ0) is 18.4. The summed E-state index contributed by atoms with van der Waals surface area (Å²) in [5.41, 5.74) is 0.474. The van der Waals surface area contributed by atoms with Gasteiger partial charge in [0.25, 0.3) is 0 Å². The Labute approximate surface area is 147 Å². The van der Waals surface area contributed by atoms with Crippen molar-refractivity contribution in [3.63, 3.8) is 0 Å². The number of hydrogen-bond donors (Lipinski definition) is 2. The van der Waals surface area contributed by atoms with Gasteiger partial charge in [0.1, 0.15) is 17.6 Å². The minimum atomic E-state index is -1.16. The van der Waals surface area contributed by atoms with E-state index in [-0.39, 0.29) is 18.9 Å². The Morgan fingerprint density at radius 3 is 2.68 bits per heavy atom. The maximum absolute atomic E-state index is 13.0. The first kappa shape index (κ1) is 18.7. The predicted octanol–water partition coefficient (Wildman–Crippen LogP) is 1.53. The summed E-state index contributed by atoms with van der Waals surface area (Å²) in [5, 5.41) is 10.5. The molecule has 7 nitrogen and oxygen atoms in total. The number of halogens is 1. The van der Waals surface area contributed by atoms with E-state index in [0.717, 1.165) is 11.8 Å². The number of nitrogens with zero attached hydrogens (tertiary/aromatic N) is 2. The summed E-state index contributed by atoms with van der Waals surface area (Å²) in [7, 11) is 0. The summed E-state index contributed by atoms with van der Waals surface area (Å²) >= 11 is 1.11. The molecule has 1 heterocycles. The number of amidine groups is 1. The summed E-state index contributed by atoms with van der Waals surface area (Å²) in [6, 6.07) is 5.48. The molecule has 0 spiro atoms. The molecule has 1 aromatic carbocycles. The number of benzene rings is 1. The van der Waals surface area contributed by atoms with E-state index in [1.54, 1.807) is 0 Å². The van der Waals surface area contributed by atoms with Crippen molar-refractivity contribution in [3.05, 3.63) is 42.7 Å². The molecular formula is C16H16FN3O4S. The first-order valence-electron chi connectivity index (χ1n) is 7.32. The van der Waals surface area contributed by atoms with Crippen molar-refractivity contribution in [2.24, 2.45) is 4.99 Å².